The van der Waals surface area contributed by atoms with E-state index in [1.165, 1.54) is 11.1 Å². The van der Waals surface area contributed by atoms with Gasteiger partial charge in [-0.2, -0.15) is 0 Å². The van der Waals surface area contributed by atoms with Gasteiger partial charge in [-0.3, -0.25) is 0 Å². The van der Waals surface area contributed by atoms with Crippen LogP contribution < -0.4 is 4.90 Å². The molecule has 0 N–H and O–H groups in total. The number of fused-ring (bicyclic) bond motifs is 2. The molecule has 0 saturated carbocycles. The minimum absolute atomic E-state index is 0.661. The fourth-order valence-corrected chi connectivity index (χ4v) is 4.27. The lowest BCUT2D eigenvalue weighted by Crippen LogP contribution is -2.30. The van der Waals surface area contributed by atoms with E-state index in [1.807, 2.05) is 6.07 Å². The molecule has 2 heterocycles. The Labute approximate surface area is 136 Å². The van der Waals surface area contributed by atoms with Crippen LogP contribution in [0.1, 0.15) is 11.1 Å². The Hall–Kier alpha value is -1.29. The summed E-state index contributed by atoms with van der Waals surface area (Å²) in [5, 5.41) is 2.37. The van der Waals surface area contributed by atoms with E-state index in [-0.39, 0.29) is 0 Å². The lowest BCUT2D eigenvalue weighted by Gasteiger charge is -2.28. The highest BCUT2D eigenvalue weighted by Gasteiger charge is 2.20. The molecule has 0 atom stereocenters. The number of hydrogen-bond donors (Lipinski definition) is 0. The molecule has 0 saturated heterocycles. The molecule has 106 valence electrons. The maximum Gasteiger partial charge on any atom is 0.186 e. The smallest absolute Gasteiger partial charge is 0.186 e. The van der Waals surface area contributed by atoms with Crippen molar-refractivity contribution in [2.75, 3.05) is 11.4 Å². The molecular weight excluding hydrogens is 323 g/mol. The largest absolute Gasteiger partial charge is 0.343 e. The van der Waals surface area contributed by atoms with Gasteiger partial charge in [-0.25, -0.2) is 4.98 Å². The van der Waals surface area contributed by atoms with Gasteiger partial charge in [0.2, 0.25) is 0 Å². The quantitative estimate of drug-likeness (QED) is 0.610. The Morgan fingerprint density at radius 3 is 2.57 bits per heavy atom. The first-order chi connectivity index (χ1) is 10.2. The number of benzene rings is 2. The molecule has 2 nitrogen and oxygen atoms in total. The molecule has 0 bridgehead atoms. The molecule has 2 aromatic carbocycles. The molecule has 0 fully saturated rings. The van der Waals surface area contributed by atoms with Gasteiger partial charge in [0.15, 0.2) is 5.13 Å². The Morgan fingerprint density at radius 2 is 1.76 bits per heavy atom. The lowest BCUT2D eigenvalue weighted by molar-refractivity contribution is 0.730. The first-order valence-corrected chi connectivity index (χ1v) is 8.36. The Bertz CT molecular complexity index is 789. The summed E-state index contributed by atoms with van der Waals surface area (Å²) in [5.41, 5.74) is 3.62. The molecular formula is C16H12Cl2N2S. The molecule has 5 heteroatoms. The molecule has 0 radical (unpaired) electrons. The van der Waals surface area contributed by atoms with E-state index in [4.69, 9.17) is 28.2 Å². The predicted molar refractivity (Wildman–Crippen MR) is 90.8 cm³/mol. The normalized spacial score (nSPS) is 14.5. The average molecular weight is 335 g/mol. The third kappa shape index (κ3) is 2.30. The van der Waals surface area contributed by atoms with E-state index < -0.39 is 0 Å². The summed E-state index contributed by atoms with van der Waals surface area (Å²) >= 11 is 14.1. The zero-order valence-electron chi connectivity index (χ0n) is 11.1. The minimum Gasteiger partial charge on any atom is -0.343 e. The van der Waals surface area contributed by atoms with Crippen LogP contribution in [0.4, 0.5) is 5.13 Å². The molecule has 0 amide bonds. The van der Waals surface area contributed by atoms with Gasteiger partial charge in [-0.05, 0) is 29.7 Å². The molecule has 1 aliphatic heterocycles. The first kappa shape index (κ1) is 13.4. The van der Waals surface area contributed by atoms with Crippen molar-refractivity contribution in [1.82, 2.24) is 4.98 Å². The Morgan fingerprint density at radius 1 is 1.00 bits per heavy atom. The summed E-state index contributed by atoms with van der Waals surface area (Å²) in [6.07, 6.45) is 1.05. The molecule has 21 heavy (non-hydrogen) atoms. The van der Waals surface area contributed by atoms with Gasteiger partial charge >= 0.3 is 0 Å². The number of halogens is 2. The molecule has 1 aliphatic rings. The summed E-state index contributed by atoms with van der Waals surface area (Å²) in [4.78, 5) is 7.00. The van der Waals surface area contributed by atoms with Crippen LogP contribution in [0, 0.1) is 0 Å². The molecule has 4 rings (SSSR count). The number of nitrogens with zero attached hydrogens (tertiary/aromatic N) is 2. The number of anilines is 1. The maximum absolute atomic E-state index is 6.26. The van der Waals surface area contributed by atoms with Crippen molar-refractivity contribution in [3.05, 3.63) is 57.6 Å². The van der Waals surface area contributed by atoms with Crippen molar-refractivity contribution in [1.29, 1.82) is 0 Å². The summed E-state index contributed by atoms with van der Waals surface area (Å²) in [7, 11) is 0. The van der Waals surface area contributed by atoms with Crippen LogP contribution in [0.3, 0.4) is 0 Å². The SMILES string of the molecule is Clc1ccc(Cl)c2sc(N3CCc4ccccc4C3)nc12. The number of hydrogen-bond acceptors (Lipinski definition) is 3. The third-order valence-electron chi connectivity index (χ3n) is 3.84. The van der Waals surface area contributed by atoms with Gasteiger partial charge in [0, 0.05) is 13.1 Å². The van der Waals surface area contributed by atoms with Crippen LogP contribution in [0.15, 0.2) is 36.4 Å². The number of thiazole rings is 1. The second kappa shape index (κ2) is 5.16. The van der Waals surface area contributed by atoms with Crippen molar-refractivity contribution >= 4 is 49.9 Å². The van der Waals surface area contributed by atoms with E-state index in [9.17, 15) is 0 Å². The molecule has 0 unspecified atom stereocenters. The fraction of sp³-hybridized carbons (Fsp3) is 0.188. The van der Waals surface area contributed by atoms with E-state index in [0.717, 1.165) is 39.9 Å². The van der Waals surface area contributed by atoms with Crippen LogP contribution in [0.2, 0.25) is 10.0 Å². The van der Waals surface area contributed by atoms with Crippen molar-refractivity contribution in [2.45, 2.75) is 13.0 Å². The summed E-state index contributed by atoms with van der Waals surface area (Å²) < 4.78 is 0.970. The predicted octanol–water partition coefficient (Wildman–Crippen LogP) is 5.17. The van der Waals surface area contributed by atoms with E-state index >= 15 is 0 Å². The van der Waals surface area contributed by atoms with Crippen molar-refractivity contribution in [2.24, 2.45) is 0 Å². The van der Waals surface area contributed by atoms with Crippen molar-refractivity contribution in [3.63, 3.8) is 0 Å². The molecule has 3 aromatic rings. The minimum atomic E-state index is 0.661. The van der Waals surface area contributed by atoms with Crippen molar-refractivity contribution in [3.8, 4) is 0 Å². The highest BCUT2D eigenvalue weighted by atomic mass is 35.5. The fourth-order valence-electron chi connectivity index (χ4n) is 2.73. The highest BCUT2D eigenvalue weighted by Crippen LogP contribution is 2.38. The van der Waals surface area contributed by atoms with Gasteiger partial charge in [-0.1, -0.05) is 58.8 Å². The maximum atomic E-state index is 6.26. The monoisotopic (exact) mass is 334 g/mol. The summed E-state index contributed by atoms with van der Waals surface area (Å²) in [6.45, 7) is 1.87. The molecule has 1 aromatic heterocycles. The molecule has 0 spiro atoms. The van der Waals surface area contributed by atoms with E-state index in [1.54, 1.807) is 17.4 Å². The van der Waals surface area contributed by atoms with Gasteiger partial charge in [-0.15, -0.1) is 0 Å². The number of rotatable bonds is 1. The van der Waals surface area contributed by atoms with Crippen LogP contribution in [0.5, 0.6) is 0 Å². The zero-order valence-corrected chi connectivity index (χ0v) is 13.5. The third-order valence-corrected chi connectivity index (χ3v) is 5.72. The van der Waals surface area contributed by atoms with E-state index in [0.29, 0.717) is 5.02 Å². The Kier molecular flexibility index (Phi) is 3.29. The highest BCUT2D eigenvalue weighted by molar-refractivity contribution is 7.22. The second-order valence-corrected chi connectivity index (χ2v) is 6.94. The summed E-state index contributed by atoms with van der Waals surface area (Å²) in [6, 6.07) is 12.2. The Balaban J connectivity index is 1.75. The average Bonchev–Trinajstić information content (AvgIpc) is 2.97. The van der Waals surface area contributed by atoms with E-state index in [2.05, 4.69) is 29.2 Å². The van der Waals surface area contributed by atoms with Crippen LogP contribution in [-0.4, -0.2) is 11.5 Å². The van der Waals surface area contributed by atoms with Crippen LogP contribution in [-0.2, 0) is 13.0 Å². The number of aromatic nitrogens is 1. The van der Waals surface area contributed by atoms with Gasteiger partial charge < -0.3 is 4.90 Å². The lowest BCUT2D eigenvalue weighted by atomic mass is 10.0. The van der Waals surface area contributed by atoms with Gasteiger partial charge in [0.1, 0.15) is 5.52 Å². The van der Waals surface area contributed by atoms with Crippen molar-refractivity contribution < 1.29 is 0 Å². The van der Waals surface area contributed by atoms with Gasteiger partial charge in [0.25, 0.3) is 0 Å². The van der Waals surface area contributed by atoms with Gasteiger partial charge in [0.05, 0.1) is 14.7 Å². The standard InChI is InChI=1S/C16H12Cl2N2S/c17-12-5-6-13(18)15-14(12)19-16(21-15)20-8-7-10-3-1-2-4-11(10)9-20/h1-6H,7-9H2. The first-order valence-electron chi connectivity index (χ1n) is 6.78. The van der Waals surface area contributed by atoms with Crippen LogP contribution in [0.25, 0.3) is 10.2 Å². The van der Waals surface area contributed by atoms with Crippen LogP contribution >= 0.6 is 34.5 Å². The second-order valence-electron chi connectivity index (χ2n) is 5.14. The topological polar surface area (TPSA) is 16.1 Å². The summed E-state index contributed by atoms with van der Waals surface area (Å²) in [5.74, 6) is 0. The zero-order chi connectivity index (χ0) is 14.4. The molecule has 0 aliphatic carbocycles.